The van der Waals surface area contributed by atoms with Gasteiger partial charge in [-0.25, -0.2) is 4.39 Å². The number of nitriles is 1. The quantitative estimate of drug-likeness (QED) is 0.902. The molecule has 3 nitrogen and oxygen atoms in total. The standard InChI is InChI=1S/C16H19FN2O/c17-14-7-8-15(13(10-14)11-18)19-16(20)9-6-12-4-2-1-3-5-12/h7-8,10,12H,1-6,9H2,(H,19,20). The van der Waals surface area contributed by atoms with E-state index in [4.69, 9.17) is 5.26 Å². The van der Waals surface area contributed by atoms with Gasteiger partial charge in [-0.15, -0.1) is 0 Å². The average Bonchev–Trinajstić information content (AvgIpc) is 2.48. The normalized spacial score (nSPS) is 15.6. The fourth-order valence-corrected chi connectivity index (χ4v) is 2.74. The zero-order valence-electron chi connectivity index (χ0n) is 11.5. The van der Waals surface area contributed by atoms with E-state index in [-0.39, 0.29) is 11.5 Å². The van der Waals surface area contributed by atoms with Crippen LogP contribution in [0.25, 0.3) is 0 Å². The third kappa shape index (κ3) is 4.06. The van der Waals surface area contributed by atoms with Crippen LogP contribution in [0, 0.1) is 23.1 Å². The zero-order valence-corrected chi connectivity index (χ0v) is 11.5. The van der Waals surface area contributed by atoms with Crippen molar-refractivity contribution in [3.8, 4) is 6.07 Å². The summed E-state index contributed by atoms with van der Waals surface area (Å²) in [5, 5.41) is 11.6. The number of rotatable bonds is 4. The molecule has 0 atom stereocenters. The van der Waals surface area contributed by atoms with Crippen LogP contribution in [-0.2, 0) is 4.79 Å². The number of halogens is 1. The Balaban J connectivity index is 1.86. The predicted octanol–water partition coefficient (Wildman–Crippen LogP) is 4.00. The molecule has 1 aliphatic carbocycles. The van der Waals surface area contributed by atoms with Crippen LogP contribution in [0.4, 0.5) is 10.1 Å². The van der Waals surface area contributed by atoms with E-state index in [1.807, 2.05) is 6.07 Å². The Bertz CT molecular complexity index is 516. The van der Waals surface area contributed by atoms with E-state index < -0.39 is 5.82 Å². The molecule has 1 aromatic carbocycles. The molecule has 1 aliphatic rings. The van der Waals surface area contributed by atoms with Gasteiger partial charge in [-0.2, -0.15) is 5.26 Å². The Hall–Kier alpha value is -1.89. The number of hydrogen-bond donors (Lipinski definition) is 1. The molecule has 1 fully saturated rings. The van der Waals surface area contributed by atoms with Crippen molar-refractivity contribution in [1.82, 2.24) is 0 Å². The second-order valence-corrected chi connectivity index (χ2v) is 5.39. The van der Waals surface area contributed by atoms with E-state index in [9.17, 15) is 9.18 Å². The molecule has 106 valence electrons. The van der Waals surface area contributed by atoms with Gasteiger partial charge >= 0.3 is 0 Å². The highest BCUT2D eigenvalue weighted by Crippen LogP contribution is 2.27. The first kappa shape index (κ1) is 14.5. The van der Waals surface area contributed by atoms with E-state index in [0.717, 1.165) is 12.5 Å². The van der Waals surface area contributed by atoms with Crippen molar-refractivity contribution in [1.29, 1.82) is 5.26 Å². The SMILES string of the molecule is N#Cc1cc(F)ccc1NC(=O)CCC1CCCCC1. The lowest BCUT2D eigenvalue weighted by molar-refractivity contribution is -0.116. The number of benzene rings is 1. The maximum absolute atomic E-state index is 13.0. The van der Waals surface area contributed by atoms with Crippen LogP contribution >= 0.6 is 0 Å². The number of amides is 1. The number of carbonyl (C=O) groups excluding carboxylic acids is 1. The van der Waals surface area contributed by atoms with Crippen molar-refractivity contribution in [2.75, 3.05) is 5.32 Å². The summed E-state index contributed by atoms with van der Waals surface area (Å²) in [6, 6.07) is 5.71. The summed E-state index contributed by atoms with van der Waals surface area (Å²) < 4.78 is 13.0. The minimum atomic E-state index is -0.471. The molecular weight excluding hydrogens is 255 g/mol. The fourth-order valence-electron chi connectivity index (χ4n) is 2.74. The van der Waals surface area contributed by atoms with Crippen molar-refractivity contribution in [3.63, 3.8) is 0 Å². The van der Waals surface area contributed by atoms with Crippen molar-refractivity contribution in [2.45, 2.75) is 44.9 Å². The van der Waals surface area contributed by atoms with Gasteiger partial charge in [-0.05, 0) is 30.5 Å². The molecule has 0 saturated heterocycles. The third-order valence-electron chi connectivity index (χ3n) is 3.88. The molecule has 1 saturated carbocycles. The van der Waals surface area contributed by atoms with E-state index >= 15 is 0 Å². The van der Waals surface area contributed by atoms with Gasteiger partial charge in [0, 0.05) is 6.42 Å². The van der Waals surface area contributed by atoms with Gasteiger partial charge in [-0.1, -0.05) is 32.1 Å². The Morgan fingerprint density at radius 2 is 2.10 bits per heavy atom. The number of carbonyl (C=O) groups is 1. The Labute approximate surface area is 118 Å². The lowest BCUT2D eigenvalue weighted by atomic mass is 9.86. The maximum Gasteiger partial charge on any atom is 0.224 e. The average molecular weight is 274 g/mol. The monoisotopic (exact) mass is 274 g/mol. The largest absolute Gasteiger partial charge is 0.325 e. The molecule has 0 aromatic heterocycles. The third-order valence-corrected chi connectivity index (χ3v) is 3.88. The molecule has 1 N–H and O–H groups in total. The summed E-state index contributed by atoms with van der Waals surface area (Å²) in [6.45, 7) is 0. The molecule has 0 heterocycles. The minimum absolute atomic E-state index is 0.0984. The fraction of sp³-hybridized carbons (Fsp3) is 0.500. The number of nitrogens with one attached hydrogen (secondary N) is 1. The van der Waals surface area contributed by atoms with Gasteiger partial charge in [0.05, 0.1) is 11.3 Å². The first-order chi connectivity index (χ1) is 9.69. The molecule has 0 radical (unpaired) electrons. The molecule has 2 rings (SSSR count). The van der Waals surface area contributed by atoms with Gasteiger partial charge in [-0.3, -0.25) is 4.79 Å². The van der Waals surface area contributed by atoms with Crippen molar-refractivity contribution in [3.05, 3.63) is 29.6 Å². The molecule has 0 spiro atoms. The molecule has 0 aliphatic heterocycles. The lowest BCUT2D eigenvalue weighted by Gasteiger charge is -2.21. The summed E-state index contributed by atoms with van der Waals surface area (Å²) in [4.78, 5) is 11.9. The molecule has 1 aromatic rings. The number of anilines is 1. The van der Waals surface area contributed by atoms with Crippen LogP contribution in [-0.4, -0.2) is 5.91 Å². The Morgan fingerprint density at radius 1 is 1.35 bits per heavy atom. The lowest BCUT2D eigenvalue weighted by Crippen LogP contribution is -2.15. The summed E-state index contributed by atoms with van der Waals surface area (Å²) in [5.41, 5.74) is 0.554. The Morgan fingerprint density at radius 3 is 2.80 bits per heavy atom. The number of nitrogens with zero attached hydrogens (tertiary/aromatic N) is 1. The van der Waals surface area contributed by atoms with Crippen molar-refractivity contribution in [2.24, 2.45) is 5.92 Å². The maximum atomic E-state index is 13.0. The summed E-state index contributed by atoms with van der Waals surface area (Å²) >= 11 is 0. The first-order valence-electron chi connectivity index (χ1n) is 7.18. The van der Waals surface area contributed by atoms with E-state index in [1.54, 1.807) is 0 Å². The second kappa shape index (κ2) is 7.04. The molecule has 20 heavy (non-hydrogen) atoms. The van der Waals surface area contributed by atoms with Crippen LogP contribution in [0.5, 0.6) is 0 Å². The molecule has 0 unspecified atom stereocenters. The summed E-state index contributed by atoms with van der Waals surface area (Å²) in [7, 11) is 0. The van der Waals surface area contributed by atoms with Crippen LogP contribution in [0.1, 0.15) is 50.5 Å². The summed E-state index contributed by atoms with van der Waals surface area (Å²) in [5.74, 6) is 0.0820. The van der Waals surface area contributed by atoms with Crippen LogP contribution in [0.3, 0.4) is 0 Å². The van der Waals surface area contributed by atoms with Gasteiger partial charge in [0.25, 0.3) is 0 Å². The first-order valence-corrected chi connectivity index (χ1v) is 7.18. The van der Waals surface area contributed by atoms with Crippen LogP contribution in [0.15, 0.2) is 18.2 Å². The van der Waals surface area contributed by atoms with Crippen LogP contribution < -0.4 is 5.32 Å². The van der Waals surface area contributed by atoms with Gasteiger partial charge < -0.3 is 5.32 Å². The molecule has 0 bridgehead atoms. The van der Waals surface area contributed by atoms with Gasteiger partial charge in [0.15, 0.2) is 0 Å². The van der Waals surface area contributed by atoms with E-state index in [0.29, 0.717) is 18.0 Å². The molecule has 1 amide bonds. The van der Waals surface area contributed by atoms with Gasteiger partial charge in [0.2, 0.25) is 5.91 Å². The second-order valence-electron chi connectivity index (χ2n) is 5.39. The molecular formula is C16H19FN2O. The van der Waals surface area contributed by atoms with Crippen LogP contribution in [0.2, 0.25) is 0 Å². The van der Waals surface area contributed by atoms with Gasteiger partial charge in [0.1, 0.15) is 11.9 Å². The van der Waals surface area contributed by atoms with Crippen molar-refractivity contribution >= 4 is 11.6 Å². The summed E-state index contributed by atoms with van der Waals surface area (Å²) in [6.07, 6.45) is 7.64. The van der Waals surface area contributed by atoms with E-state index in [2.05, 4.69) is 5.32 Å². The van der Waals surface area contributed by atoms with E-state index in [1.165, 1.54) is 44.2 Å². The highest BCUT2D eigenvalue weighted by molar-refractivity contribution is 5.92. The minimum Gasteiger partial charge on any atom is -0.325 e. The highest BCUT2D eigenvalue weighted by Gasteiger charge is 2.15. The van der Waals surface area contributed by atoms with Crippen molar-refractivity contribution < 1.29 is 9.18 Å². The molecule has 4 heteroatoms. The predicted molar refractivity (Wildman–Crippen MR) is 75.6 cm³/mol. The zero-order chi connectivity index (χ0) is 14.4. The topological polar surface area (TPSA) is 52.9 Å². The highest BCUT2D eigenvalue weighted by atomic mass is 19.1. The number of hydrogen-bond acceptors (Lipinski definition) is 2. The Kier molecular flexibility index (Phi) is 5.11. The smallest absolute Gasteiger partial charge is 0.224 e.